The third-order valence-electron chi connectivity index (χ3n) is 2.70. The van der Waals surface area contributed by atoms with Gasteiger partial charge in [0.25, 0.3) is 0 Å². The van der Waals surface area contributed by atoms with Crippen molar-refractivity contribution in [1.29, 1.82) is 0 Å². The maximum Gasteiger partial charge on any atom is 0.338 e. The molecule has 0 saturated carbocycles. The molecule has 0 bridgehead atoms. The van der Waals surface area contributed by atoms with E-state index >= 15 is 0 Å². The standard InChI is InChI=1S/C12H14O4/c1-7-11(8(2)15-7)16-12(14)9-3-5-10(13)6-4-9/h3-8,11,13H,1-2H3. The molecule has 1 N–H and O–H groups in total. The van der Waals surface area contributed by atoms with Crippen LogP contribution in [-0.2, 0) is 9.47 Å². The molecule has 1 aromatic carbocycles. The second-order valence-electron chi connectivity index (χ2n) is 3.96. The Morgan fingerprint density at radius 2 is 1.81 bits per heavy atom. The molecule has 4 nitrogen and oxygen atoms in total. The van der Waals surface area contributed by atoms with Gasteiger partial charge in [0.2, 0.25) is 0 Å². The number of ether oxygens (including phenoxy) is 2. The fourth-order valence-corrected chi connectivity index (χ4v) is 1.77. The molecule has 4 heteroatoms. The molecule has 0 aliphatic carbocycles. The van der Waals surface area contributed by atoms with Crippen LogP contribution in [0, 0.1) is 0 Å². The summed E-state index contributed by atoms with van der Waals surface area (Å²) in [6.07, 6.45) is -0.270. The van der Waals surface area contributed by atoms with Crippen LogP contribution in [0.2, 0.25) is 0 Å². The smallest absolute Gasteiger partial charge is 0.338 e. The summed E-state index contributed by atoms with van der Waals surface area (Å²) in [7, 11) is 0. The Hall–Kier alpha value is -1.55. The molecule has 1 saturated heterocycles. The highest BCUT2D eigenvalue weighted by Crippen LogP contribution is 2.25. The van der Waals surface area contributed by atoms with Gasteiger partial charge in [-0.15, -0.1) is 0 Å². The molecule has 0 spiro atoms. The number of carbonyl (C=O) groups excluding carboxylic acids is 1. The number of phenols is 1. The molecule has 1 fully saturated rings. The first-order chi connectivity index (χ1) is 7.58. The van der Waals surface area contributed by atoms with Gasteiger partial charge in [-0.2, -0.15) is 0 Å². The number of rotatable bonds is 2. The summed E-state index contributed by atoms with van der Waals surface area (Å²) in [6.45, 7) is 3.74. The van der Waals surface area contributed by atoms with E-state index < -0.39 is 0 Å². The van der Waals surface area contributed by atoms with Gasteiger partial charge in [-0.1, -0.05) is 0 Å². The third-order valence-corrected chi connectivity index (χ3v) is 2.70. The first kappa shape index (κ1) is 11.0. The summed E-state index contributed by atoms with van der Waals surface area (Å²) in [5.74, 6) is -0.253. The number of esters is 1. The molecule has 2 atom stereocenters. The molecule has 1 aliphatic heterocycles. The molecule has 0 amide bonds. The van der Waals surface area contributed by atoms with Crippen LogP contribution < -0.4 is 0 Å². The number of carbonyl (C=O) groups is 1. The molecule has 0 radical (unpaired) electrons. The number of aromatic hydroxyl groups is 1. The van der Waals surface area contributed by atoms with Crippen LogP contribution in [-0.4, -0.2) is 29.4 Å². The van der Waals surface area contributed by atoms with Gasteiger partial charge < -0.3 is 14.6 Å². The van der Waals surface area contributed by atoms with Crippen LogP contribution in [0.1, 0.15) is 24.2 Å². The van der Waals surface area contributed by atoms with E-state index in [1.807, 2.05) is 13.8 Å². The lowest BCUT2D eigenvalue weighted by molar-refractivity contribution is -0.205. The lowest BCUT2D eigenvalue weighted by Gasteiger charge is -2.39. The zero-order valence-electron chi connectivity index (χ0n) is 9.21. The van der Waals surface area contributed by atoms with Gasteiger partial charge in [-0.05, 0) is 38.1 Å². The van der Waals surface area contributed by atoms with Crippen LogP contribution in [0.15, 0.2) is 24.3 Å². The monoisotopic (exact) mass is 222 g/mol. The molecule has 86 valence electrons. The lowest BCUT2D eigenvalue weighted by atomic mass is 10.0. The van der Waals surface area contributed by atoms with E-state index in [9.17, 15) is 4.79 Å². The number of hydrogen-bond acceptors (Lipinski definition) is 4. The summed E-state index contributed by atoms with van der Waals surface area (Å²) in [5, 5.41) is 9.09. The third kappa shape index (κ3) is 2.02. The molecule has 1 aromatic rings. The lowest BCUT2D eigenvalue weighted by Crippen LogP contribution is -2.52. The van der Waals surface area contributed by atoms with Crippen molar-refractivity contribution in [1.82, 2.24) is 0 Å². The highest BCUT2D eigenvalue weighted by Gasteiger charge is 2.39. The van der Waals surface area contributed by atoms with E-state index in [1.54, 1.807) is 0 Å². The minimum absolute atomic E-state index is 0.0453. The van der Waals surface area contributed by atoms with E-state index in [2.05, 4.69) is 0 Å². The molecule has 2 rings (SSSR count). The Kier molecular flexibility index (Phi) is 2.83. The molecular weight excluding hydrogens is 208 g/mol. The molecule has 2 unspecified atom stereocenters. The van der Waals surface area contributed by atoms with E-state index in [0.717, 1.165) is 0 Å². The van der Waals surface area contributed by atoms with Crippen LogP contribution >= 0.6 is 0 Å². The van der Waals surface area contributed by atoms with Crippen LogP contribution in [0.25, 0.3) is 0 Å². The number of benzene rings is 1. The first-order valence-electron chi connectivity index (χ1n) is 5.23. The summed E-state index contributed by atoms with van der Waals surface area (Å²) >= 11 is 0. The van der Waals surface area contributed by atoms with E-state index in [-0.39, 0.29) is 30.0 Å². The quantitative estimate of drug-likeness (QED) is 0.774. The van der Waals surface area contributed by atoms with Crippen molar-refractivity contribution in [3.8, 4) is 5.75 Å². The molecule has 0 aromatic heterocycles. The molecule has 16 heavy (non-hydrogen) atoms. The summed E-state index contributed by atoms with van der Waals surface area (Å²) in [5.41, 5.74) is 0.434. The molecule has 1 heterocycles. The fraction of sp³-hybridized carbons (Fsp3) is 0.417. The van der Waals surface area contributed by atoms with E-state index in [1.165, 1.54) is 24.3 Å². The molecular formula is C12H14O4. The zero-order chi connectivity index (χ0) is 11.7. The van der Waals surface area contributed by atoms with E-state index in [0.29, 0.717) is 5.56 Å². The normalized spacial score (nSPS) is 28.2. The van der Waals surface area contributed by atoms with Gasteiger partial charge >= 0.3 is 5.97 Å². The van der Waals surface area contributed by atoms with Crippen LogP contribution in [0.3, 0.4) is 0 Å². The molecule has 1 aliphatic rings. The van der Waals surface area contributed by atoms with Gasteiger partial charge in [0.05, 0.1) is 17.8 Å². The zero-order valence-corrected chi connectivity index (χ0v) is 9.21. The predicted octanol–water partition coefficient (Wildman–Crippen LogP) is 1.72. The van der Waals surface area contributed by atoms with Crippen molar-refractivity contribution in [3.05, 3.63) is 29.8 Å². The number of hydrogen-bond donors (Lipinski definition) is 1. The summed E-state index contributed by atoms with van der Waals surface area (Å²) in [6, 6.07) is 5.99. The van der Waals surface area contributed by atoms with Crippen LogP contribution in [0.4, 0.5) is 0 Å². The fourth-order valence-electron chi connectivity index (χ4n) is 1.77. The van der Waals surface area contributed by atoms with Crippen molar-refractivity contribution in [2.75, 3.05) is 0 Å². The highest BCUT2D eigenvalue weighted by molar-refractivity contribution is 5.89. The topological polar surface area (TPSA) is 55.8 Å². The Morgan fingerprint density at radius 1 is 1.25 bits per heavy atom. The summed E-state index contributed by atoms with van der Waals surface area (Å²) < 4.78 is 10.6. The Labute approximate surface area is 93.8 Å². The Balaban J connectivity index is 2.00. The van der Waals surface area contributed by atoms with Crippen LogP contribution in [0.5, 0.6) is 5.75 Å². The predicted molar refractivity (Wildman–Crippen MR) is 57.3 cm³/mol. The minimum atomic E-state index is -0.382. The van der Waals surface area contributed by atoms with Gasteiger partial charge in [-0.3, -0.25) is 0 Å². The van der Waals surface area contributed by atoms with E-state index in [4.69, 9.17) is 14.6 Å². The highest BCUT2D eigenvalue weighted by atomic mass is 16.6. The second-order valence-corrected chi connectivity index (χ2v) is 3.96. The second kappa shape index (κ2) is 4.14. The SMILES string of the molecule is CC1OC(C)C1OC(=O)c1ccc(O)cc1. The maximum atomic E-state index is 11.7. The minimum Gasteiger partial charge on any atom is -0.508 e. The van der Waals surface area contributed by atoms with Gasteiger partial charge in [0.1, 0.15) is 5.75 Å². The van der Waals surface area contributed by atoms with Crippen molar-refractivity contribution >= 4 is 5.97 Å². The largest absolute Gasteiger partial charge is 0.508 e. The van der Waals surface area contributed by atoms with Gasteiger partial charge in [0, 0.05) is 0 Å². The van der Waals surface area contributed by atoms with Gasteiger partial charge in [0.15, 0.2) is 6.10 Å². The first-order valence-corrected chi connectivity index (χ1v) is 5.23. The van der Waals surface area contributed by atoms with Gasteiger partial charge in [-0.25, -0.2) is 4.79 Å². The Bertz CT molecular complexity index is 377. The average molecular weight is 222 g/mol. The maximum absolute atomic E-state index is 11.7. The van der Waals surface area contributed by atoms with Crippen molar-refractivity contribution in [3.63, 3.8) is 0 Å². The number of phenolic OH excluding ortho intramolecular Hbond substituents is 1. The van der Waals surface area contributed by atoms with Crippen molar-refractivity contribution < 1.29 is 19.4 Å². The van der Waals surface area contributed by atoms with Crippen molar-refractivity contribution in [2.45, 2.75) is 32.2 Å². The average Bonchev–Trinajstić information content (AvgIpc) is 2.27. The van der Waals surface area contributed by atoms with Crippen molar-refractivity contribution in [2.24, 2.45) is 0 Å². The summed E-state index contributed by atoms with van der Waals surface area (Å²) in [4.78, 5) is 11.7. The Morgan fingerprint density at radius 3 is 2.31 bits per heavy atom.